The van der Waals surface area contributed by atoms with Crippen LogP contribution in [0.2, 0.25) is 0 Å². The molecule has 6 heteroatoms. The molecule has 0 aliphatic heterocycles. The predicted octanol–water partition coefficient (Wildman–Crippen LogP) is 1.22. The molecule has 2 aromatic rings. The number of para-hydroxylation sites is 1. The lowest BCUT2D eigenvalue weighted by Crippen LogP contribution is -2.31. The molecule has 0 radical (unpaired) electrons. The van der Waals surface area contributed by atoms with Gasteiger partial charge >= 0.3 is 0 Å². The summed E-state index contributed by atoms with van der Waals surface area (Å²) in [5.74, 6) is 0.381. The van der Waals surface area contributed by atoms with Crippen LogP contribution in [0.5, 0.6) is 5.75 Å². The first-order valence-electron chi connectivity index (χ1n) is 6.18. The van der Waals surface area contributed by atoms with Crippen LogP contribution in [0.1, 0.15) is 12.5 Å². The second-order valence-corrected chi connectivity index (χ2v) is 4.18. The van der Waals surface area contributed by atoms with E-state index >= 15 is 0 Å². The average Bonchev–Trinajstić information content (AvgIpc) is 2.47. The van der Waals surface area contributed by atoms with E-state index in [-0.39, 0.29) is 17.0 Å². The molecular weight excluding hydrogens is 256 g/mol. The third kappa shape index (κ3) is 2.40. The molecule has 3 N–H and O–H groups in total. The van der Waals surface area contributed by atoms with Crippen molar-refractivity contribution in [1.29, 1.82) is 5.41 Å². The number of nitrogens with one attached hydrogen (secondary N) is 1. The number of methoxy groups -OCH3 is 1. The summed E-state index contributed by atoms with van der Waals surface area (Å²) < 4.78 is 6.58. The number of aromatic nitrogens is 2. The molecule has 6 nitrogen and oxygen atoms in total. The second-order valence-electron chi connectivity index (χ2n) is 4.18. The Hall–Kier alpha value is -2.63. The minimum atomic E-state index is -0.362. The maximum atomic E-state index is 12.0. The van der Waals surface area contributed by atoms with Crippen LogP contribution in [0.3, 0.4) is 0 Å². The molecule has 0 bridgehead atoms. The molecule has 0 saturated carbocycles. The summed E-state index contributed by atoms with van der Waals surface area (Å²) in [6.07, 6.45) is 0. The van der Waals surface area contributed by atoms with Crippen molar-refractivity contribution in [3.63, 3.8) is 0 Å². The van der Waals surface area contributed by atoms with Crippen LogP contribution >= 0.6 is 0 Å². The van der Waals surface area contributed by atoms with Crippen LogP contribution < -0.4 is 16.0 Å². The van der Waals surface area contributed by atoms with Crippen molar-refractivity contribution in [3.8, 4) is 17.0 Å². The van der Waals surface area contributed by atoms with Gasteiger partial charge in [0, 0.05) is 12.1 Å². The third-order valence-electron chi connectivity index (χ3n) is 2.95. The number of amidine groups is 1. The molecule has 0 unspecified atom stereocenters. The van der Waals surface area contributed by atoms with Gasteiger partial charge in [0.05, 0.1) is 18.4 Å². The molecule has 2 rings (SSSR count). The summed E-state index contributed by atoms with van der Waals surface area (Å²) in [6.45, 7) is 2.21. The van der Waals surface area contributed by atoms with Gasteiger partial charge in [0.2, 0.25) is 0 Å². The molecule has 0 fully saturated rings. The molecule has 1 aromatic carbocycles. The minimum absolute atomic E-state index is 0.141. The number of nitrogens with two attached hydrogens (primary N) is 1. The van der Waals surface area contributed by atoms with Gasteiger partial charge in [-0.2, -0.15) is 5.10 Å². The summed E-state index contributed by atoms with van der Waals surface area (Å²) in [5, 5.41) is 11.8. The molecule has 0 aliphatic rings. The van der Waals surface area contributed by atoms with Crippen LogP contribution in [0.25, 0.3) is 11.3 Å². The van der Waals surface area contributed by atoms with Crippen molar-refractivity contribution in [1.82, 2.24) is 9.78 Å². The Morgan fingerprint density at radius 1 is 1.45 bits per heavy atom. The number of nitrogens with zero attached hydrogens (tertiary/aromatic N) is 2. The van der Waals surface area contributed by atoms with E-state index in [4.69, 9.17) is 15.9 Å². The Bertz CT molecular complexity index is 707. The zero-order chi connectivity index (χ0) is 14.7. The molecule has 0 spiro atoms. The zero-order valence-corrected chi connectivity index (χ0v) is 11.4. The van der Waals surface area contributed by atoms with Gasteiger partial charge in [0.25, 0.3) is 5.56 Å². The lowest BCUT2D eigenvalue weighted by Gasteiger charge is -2.11. The van der Waals surface area contributed by atoms with Gasteiger partial charge in [-0.1, -0.05) is 12.1 Å². The van der Waals surface area contributed by atoms with Crippen LogP contribution in [0.4, 0.5) is 0 Å². The van der Waals surface area contributed by atoms with Crippen molar-refractivity contribution in [2.24, 2.45) is 5.73 Å². The summed E-state index contributed by atoms with van der Waals surface area (Å²) in [6, 6.07) is 8.88. The normalized spacial score (nSPS) is 10.3. The highest BCUT2D eigenvalue weighted by molar-refractivity contribution is 5.95. The Labute approximate surface area is 116 Å². The maximum absolute atomic E-state index is 12.0. The first-order chi connectivity index (χ1) is 9.58. The Morgan fingerprint density at radius 3 is 2.75 bits per heavy atom. The highest BCUT2D eigenvalue weighted by Gasteiger charge is 2.13. The summed E-state index contributed by atoms with van der Waals surface area (Å²) in [5.41, 5.74) is 6.55. The quantitative estimate of drug-likeness (QED) is 0.646. The number of rotatable bonds is 4. The smallest absolute Gasteiger partial charge is 0.277 e. The van der Waals surface area contributed by atoms with Gasteiger partial charge < -0.3 is 10.5 Å². The number of aryl methyl sites for hydroxylation is 1. The number of benzene rings is 1. The maximum Gasteiger partial charge on any atom is 0.277 e. The van der Waals surface area contributed by atoms with Crippen molar-refractivity contribution >= 4 is 5.84 Å². The topological polar surface area (TPSA) is 94.0 Å². The third-order valence-corrected chi connectivity index (χ3v) is 2.95. The van der Waals surface area contributed by atoms with Crippen LogP contribution in [-0.4, -0.2) is 22.7 Å². The first kappa shape index (κ1) is 13.8. The fraction of sp³-hybridized carbons (Fsp3) is 0.214. The van der Waals surface area contributed by atoms with Crippen molar-refractivity contribution in [3.05, 3.63) is 46.2 Å². The molecule has 20 heavy (non-hydrogen) atoms. The Kier molecular flexibility index (Phi) is 3.84. The van der Waals surface area contributed by atoms with E-state index in [0.29, 0.717) is 18.0 Å². The van der Waals surface area contributed by atoms with E-state index in [1.807, 2.05) is 31.2 Å². The molecule has 0 aliphatic carbocycles. The van der Waals surface area contributed by atoms with Gasteiger partial charge in [-0.3, -0.25) is 10.2 Å². The van der Waals surface area contributed by atoms with E-state index in [9.17, 15) is 4.79 Å². The number of hydrogen-bond acceptors (Lipinski definition) is 4. The van der Waals surface area contributed by atoms with Gasteiger partial charge in [-0.15, -0.1) is 0 Å². The van der Waals surface area contributed by atoms with E-state index in [1.54, 1.807) is 7.11 Å². The summed E-state index contributed by atoms with van der Waals surface area (Å²) in [4.78, 5) is 12.0. The lowest BCUT2D eigenvalue weighted by atomic mass is 10.1. The largest absolute Gasteiger partial charge is 0.496 e. The monoisotopic (exact) mass is 272 g/mol. The number of hydrogen-bond donors (Lipinski definition) is 2. The zero-order valence-electron chi connectivity index (χ0n) is 11.4. The fourth-order valence-electron chi connectivity index (χ4n) is 1.94. The highest BCUT2D eigenvalue weighted by Crippen LogP contribution is 2.27. The first-order valence-corrected chi connectivity index (χ1v) is 6.18. The predicted molar refractivity (Wildman–Crippen MR) is 77.2 cm³/mol. The Morgan fingerprint density at radius 2 is 2.15 bits per heavy atom. The minimum Gasteiger partial charge on any atom is -0.496 e. The summed E-state index contributed by atoms with van der Waals surface area (Å²) in [7, 11) is 1.57. The van der Waals surface area contributed by atoms with Crippen LogP contribution in [-0.2, 0) is 6.54 Å². The van der Waals surface area contributed by atoms with Crippen molar-refractivity contribution < 1.29 is 4.74 Å². The van der Waals surface area contributed by atoms with E-state index < -0.39 is 0 Å². The van der Waals surface area contributed by atoms with Crippen molar-refractivity contribution in [2.45, 2.75) is 13.5 Å². The number of ether oxygens (including phenoxy) is 1. The highest BCUT2D eigenvalue weighted by atomic mass is 16.5. The van der Waals surface area contributed by atoms with Gasteiger partial charge in [0.15, 0.2) is 0 Å². The molecule has 1 aromatic heterocycles. The average molecular weight is 272 g/mol. The summed E-state index contributed by atoms with van der Waals surface area (Å²) >= 11 is 0. The SMILES string of the molecule is CCn1nc(-c2ccccc2OC)cc(C(=N)N)c1=O. The molecule has 0 amide bonds. The number of nitrogen functional groups attached to an aromatic ring is 1. The Balaban J connectivity index is 2.72. The standard InChI is InChI=1S/C14H16N4O2/c1-3-18-14(19)10(13(15)16)8-11(17-18)9-6-4-5-7-12(9)20-2/h4-8H,3H2,1-2H3,(H3,15,16). The van der Waals surface area contributed by atoms with Crippen LogP contribution in [0, 0.1) is 5.41 Å². The lowest BCUT2D eigenvalue weighted by molar-refractivity contribution is 0.416. The molecule has 0 atom stereocenters. The van der Waals surface area contributed by atoms with E-state index in [0.717, 1.165) is 5.56 Å². The molecule has 104 valence electrons. The van der Waals surface area contributed by atoms with Gasteiger partial charge in [-0.05, 0) is 25.1 Å². The fourth-order valence-corrected chi connectivity index (χ4v) is 1.94. The van der Waals surface area contributed by atoms with Crippen LogP contribution in [0.15, 0.2) is 35.1 Å². The van der Waals surface area contributed by atoms with E-state index in [2.05, 4.69) is 5.10 Å². The van der Waals surface area contributed by atoms with Gasteiger partial charge in [-0.25, -0.2) is 4.68 Å². The second kappa shape index (κ2) is 5.56. The van der Waals surface area contributed by atoms with Crippen molar-refractivity contribution in [2.75, 3.05) is 7.11 Å². The molecule has 1 heterocycles. The van der Waals surface area contributed by atoms with Gasteiger partial charge in [0.1, 0.15) is 11.6 Å². The molecule has 0 saturated heterocycles. The van der Waals surface area contributed by atoms with E-state index in [1.165, 1.54) is 10.7 Å². The molecular formula is C14H16N4O2.